The first-order chi connectivity index (χ1) is 13.1. The van der Waals surface area contributed by atoms with E-state index in [-0.39, 0.29) is 21.9 Å². The molecule has 2 unspecified atom stereocenters. The summed E-state index contributed by atoms with van der Waals surface area (Å²) in [6, 6.07) is 7.78. The molecule has 0 aromatic heterocycles. The Labute approximate surface area is 173 Å². The Morgan fingerprint density at radius 1 is 0.786 bits per heavy atom. The van der Waals surface area contributed by atoms with Crippen LogP contribution in [0.5, 0.6) is 0 Å². The molecule has 7 heteroatoms. The van der Waals surface area contributed by atoms with Crippen LogP contribution in [0.25, 0.3) is 0 Å². The molecule has 28 heavy (non-hydrogen) atoms. The smallest absolute Gasteiger partial charge is 0.426 e. The van der Waals surface area contributed by atoms with E-state index in [4.69, 9.17) is 32.7 Å². The van der Waals surface area contributed by atoms with E-state index in [1.165, 1.54) is 24.3 Å². The normalized spacial score (nSPS) is 13.5. The minimum atomic E-state index is -0.918. The van der Waals surface area contributed by atoms with Crippen LogP contribution in [0, 0.1) is 23.5 Å². The highest BCUT2D eigenvalue weighted by atomic mass is 35.5. The lowest BCUT2D eigenvalue weighted by Gasteiger charge is -2.26. The molecular formula is C21H22Cl2F2O3. The van der Waals surface area contributed by atoms with Gasteiger partial charge < -0.3 is 9.47 Å². The molecule has 0 heterocycles. The molecule has 2 rings (SSSR count). The van der Waals surface area contributed by atoms with Gasteiger partial charge in [0.1, 0.15) is 23.8 Å². The Morgan fingerprint density at radius 3 is 1.43 bits per heavy atom. The average Bonchev–Trinajstić information content (AvgIpc) is 2.58. The molecule has 0 spiro atoms. The first-order valence-electron chi connectivity index (χ1n) is 8.87. The van der Waals surface area contributed by atoms with E-state index < -0.39 is 30.0 Å². The van der Waals surface area contributed by atoms with Crippen LogP contribution in [0.2, 0.25) is 10.0 Å². The van der Waals surface area contributed by atoms with Crippen LogP contribution in [0.3, 0.4) is 0 Å². The van der Waals surface area contributed by atoms with E-state index in [2.05, 4.69) is 0 Å². The van der Waals surface area contributed by atoms with Crippen LogP contribution >= 0.6 is 23.2 Å². The highest BCUT2D eigenvalue weighted by Gasteiger charge is 2.28. The van der Waals surface area contributed by atoms with Crippen LogP contribution in [-0.2, 0) is 9.47 Å². The van der Waals surface area contributed by atoms with Crippen LogP contribution in [-0.4, -0.2) is 6.16 Å². The van der Waals surface area contributed by atoms with Crippen molar-refractivity contribution in [3.63, 3.8) is 0 Å². The molecular weight excluding hydrogens is 409 g/mol. The Kier molecular flexibility index (Phi) is 7.67. The van der Waals surface area contributed by atoms with Crippen molar-refractivity contribution in [1.29, 1.82) is 0 Å². The zero-order valence-electron chi connectivity index (χ0n) is 16.0. The second-order valence-electron chi connectivity index (χ2n) is 7.15. The molecule has 3 nitrogen and oxygen atoms in total. The van der Waals surface area contributed by atoms with E-state index in [1.807, 2.05) is 27.7 Å². The van der Waals surface area contributed by atoms with Crippen molar-refractivity contribution in [2.24, 2.45) is 11.8 Å². The van der Waals surface area contributed by atoms with Gasteiger partial charge >= 0.3 is 6.16 Å². The minimum Gasteiger partial charge on any atom is -0.426 e. The molecule has 0 fully saturated rings. The standard InChI is InChI=1S/C21H22Cl2F2O3/c1-11(2)19(15-7-5-13(24)9-17(15)22)27-21(26)28-20(12(3)4)16-8-6-14(25)10-18(16)23/h5-12,19-20H,1-4H3. The van der Waals surface area contributed by atoms with Crippen molar-refractivity contribution < 1.29 is 23.0 Å². The summed E-state index contributed by atoms with van der Waals surface area (Å²) in [5.74, 6) is -1.24. The quantitative estimate of drug-likeness (QED) is 0.444. The molecule has 0 saturated heterocycles. The third-order valence-corrected chi connectivity index (χ3v) is 4.85. The molecule has 0 radical (unpaired) electrons. The zero-order valence-corrected chi connectivity index (χ0v) is 17.5. The molecule has 0 aliphatic heterocycles. The fourth-order valence-corrected chi connectivity index (χ4v) is 3.37. The van der Waals surface area contributed by atoms with Gasteiger partial charge in [0.15, 0.2) is 0 Å². The molecule has 0 aliphatic carbocycles. The Balaban J connectivity index is 2.22. The predicted octanol–water partition coefficient (Wildman–Crippen LogP) is 7.52. The van der Waals surface area contributed by atoms with Crippen molar-refractivity contribution in [3.8, 4) is 0 Å². The molecule has 2 aromatic carbocycles. The van der Waals surface area contributed by atoms with Crippen LogP contribution < -0.4 is 0 Å². The van der Waals surface area contributed by atoms with Crippen LogP contribution in [0.1, 0.15) is 51.0 Å². The maximum Gasteiger partial charge on any atom is 0.509 e. The monoisotopic (exact) mass is 430 g/mol. The van der Waals surface area contributed by atoms with E-state index in [1.54, 1.807) is 0 Å². The van der Waals surface area contributed by atoms with Gasteiger partial charge in [-0.25, -0.2) is 13.6 Å². The molecule has 0 bridgehead atoms. The number of benzene rings is 2. The zero-order chi connectivity index (χ0) is 21.0. The summed E-state index contributed by atoms with van der Waals surface area (Å²) in [5.41, 5.74) is 0.965. The topological polar surface area (TPSA) is 35.5 Å². The van der Waals surface area contributed by atoms with Crippen molar-refractivity contribution in [2.45, 2.75) is 39.9 Å². The van der Waals surface area contributed by atoms with Crippen molar-refractivity contribution >= 4 is 29.4 Å². The van der Waals surface area contributed by atoms with Crippen molar-refractivity contribution in [2.75, 3.05) is 0 Å². The van der Waals surface area contributed by atoms with E-state index in [0.717, 1.165) is 12.1 Å². The highest BCUT2D eigenvalue weighted by molar-refractivity contribution is 6.31. The summed E-state index contributed by atoms with van der Waals surface area (Å²) in [7, 11) is 0. The Hall–Kier alpha value is -1.85. The fourth-order valence-electron chi connectivity index (χ4n) is 2.82. The largest absolute Gasteiger partial charge is 0.509 e. The second kappa shape index (κ2) is 9.57. The third-order valence-electron chi connectivity index (χ3n) is 4.20. The maximum atomic E-state index is 13.3. The third kappa shape index (κ3) is 5.58. The Morgan fingerprint density at radius 2 is 1.14 bits per heavy atom. The van der Waals surface area contributed by atoms with Gasteiger partial charge in [-0.3, -0.25) is 0 Å². The van der Waals surface area contributed by atoms with Crippen LogP contribution in [0.15, 0.2) is 36.4 Å². The van der Waals surface area contributed by atoms with Gasteiger partial charge in [0.25, 0.3) is 0 Å². The van der Waals surface area contributed by atoms with Crippen molar-refractivity contribution in [3.05, 3.63) is 69.2 Å². The average molecular weight is 431 g/mol. The van der Waals surface area contributed by atoms with E-state index in [9.17, 15) is 13.6 Å². The molecule has 2 aromatic rings. The number of hydrogen-bond acceptors (Lipinski definition) is 3. The van der Waals surface area contributed by atoms with Gasteiger partial charge in [0.2, 0.25) is 0 Å². The molecule has 0 N–H and O–H groups in total. The number of rotatable bonds is 6. The van der Waals surface area contributed by atoms with Gasteiger partial charge in [0.05, 0.1) is 10.0 Å². The van der Waals surface area contributed by atoms with E-state index >= 15 is 0 Å². The first kappa shape index (κ1) is 22.4. The number of carbonyl (C=O) groups is 1. The minimum absolute atomic E-state index is 0.137. The second-order valence-corrected chi connectivity index (χ2v) is 7.96. The SMILES string of the molecule is CC(C)C(OC(=O)OC(c1ccc(F)cc1Cl)C(C)C)c1ccc(F)cc1Cl. The summed E-state index contributed by atoms with van der Waals surface area (Å²) in [6.45, 7) is 7.37. The van der Waals surface area contributed by atoms with Gasteiger partial charge in [-0.1, -0.05) is 63.0 Å². The summed E-state index contributed by atoms with van der Waals surface area (Å²) in [5, 5.41) is 0.321. The van der Waals surface area contributed by atoms with Gasteiger partial charge in [-0.2, -0.15) is 0 Å². The molecule has 0 saturated carbocycles. The van der Waals surface area contributed by atoms with Crippen molar-refractivity contribution in [1.82, 2.24) is 0 Å². The first-order valence-corrected chi connectivity index (χ1v) is 9.63. The van der Waals surface area contributed by atoms with Crippen LogP contribution in [0.4, 0.5) is 13.6 Å². The number of ether oxygens (including phenoxy) is 2. The summed E-state index contributed by atoms with van der Waals surface area (Å²) < 4.78 is 37.7. The lowest BCUT2D eigenvalue weighted by atomic mass is 9.98. The van der Waals surface area contributed by atoms with Gasteiger partial charge in [-0.15, -0.1) is 0 Å². The van der Waals surface area contributed by atoms with Gasteiger partial charge in [0, 0.05) is 11.1 Å². The Bertz CT molecular complexity index is 773. The summed E-state index contributed by atoms with van der Waals surface area (Å²) in [4.78, 5) is 12.5. The van der Waals surface area contributed by atoms with E-state index in [0.29, 0.717) is 11.1 Å². The lowest BCUT2D eigenvalue weighted by Crippen LogP contribution is -2.22. The number of hydrogen-bond donors (Lipinski definition) is 0. The molecule has 0 amide bonds. The summed E-state index contributed by atoms with van der Waals surface area (Å²) in [6.07, 6.45) is -2.37. The highest BCUT2D eigenvalue weighted by Crippen LogP contribution is 2.35. The lowest BCUT2D eigenvalue weighted by molar-refractivity contribution is -0.0266. The maximum absolute atomic E-state index is 13.3. The predicted molar refractivity (Wildman–Crippen MR) is 106 cm³/mol. The molecule has 152 valence electrons. The molecule has 0 aliphatic rings. The number of halogens is 4. The summed E-state index contributed by atoms with van der Waals surface area (Å²) >= 11 is 12.2. The number of carbonyl (C=O) groups excluding carboxylic acids is 1. The fraction of sp³-hybridized carbons (Fsp3) is 0.381. The molecule has 2 atom stereocenters. The van der Waals surface area contributed by atoms with Gasteiger partial charge in [-0.05, 0) is 36.1 Å².